The van der Waals surface area contributed by atoms with Gasteiger partial charge < -0.3 is 9.47 Å². The molecule has 0 heterocycles. The van der Waals surface area contributed by atoms with Crippen molar-refractivity contribution in [3.8, 4) is 0 Å². The normalized spacial score (nSPS) is 35.1. The lowest BCUT2D eigenvalue weighted by atomic mass is 9.55. The molecule has 0 amide bonds. The smallest absolute Gasteiger partial charge is 0.314 e. The minimum absolute atomic E-state index is 0.0587. The summed E-state index contributed by atoms with van der Waals surface area (Å²) >= 11 is 0. The summed E-state index contributed by atoms with van der Waals surface area (Å²) in [5.74, 6) is -0.365. The van der Waals surface area contributed by atoms with E-state index < -0.39 is 10.8 Å². The van der Waals surface area contributed by atoms with Gasteiger partial charge in [-0.15, -0.1) is 0 Å². The maximum Gasteiger partial charge on any atom is 0.314 e. The van der Waals surface area contributed by atoms with Crippen LogP contribution in [0.25, 0.3) is 0 Å². The highest BCUT2D eigenvalue weighted by Crippen LogP contribution is 2.67. The molecule has 130 valence electrons. The third kappa shape index (κ3) is 2.41. The van der Waals surface area contributed by atoms with Gasteiger partial charge in [-0.1, -0.05) is 26.0 Å². The minimum Gasteiger partial charge on any atom is -0.463 e. The Bertz CT molecular complexity index is 463. The van der Waals surface area contributed by atoms with E-state index >= 15 is 0 Å². The van der Waals surface area contributed by atoms with Crippen molar-refractivity contribution in [2.24, 2.45) is 22.7 Å². The number of fused-ring (bicyclic) bond motifs is 2. The molecule has 2 aliphatic carbocycles. The summed E-state index contributed by atoms with van der Waals surface area (Å²) in [6, 6.07) is 0. The van der Waals surface area contributed by atoms with Crippen LogP contribution in [0.3, 0.4) is 0 Å². The fourth-order valence-electron chi connectivity index (χ4n) is 4.84. The van der Waals surface area contributed by atoms with Crippen LogP contribution in [0.15, 0.2) is 12.2 Å². The Hall–Kier alpha value is -1.32. The highest BCUT2D eigenvalue weighted by Gasteiger charge is 2.72. The van der Waals surface area contributed by atoms with Crippen LogP contribution < -0.4 is 0 Å². The zero-order chi connectivity index (χ0) is 17.4. The summed E-state index contributed by atoms with van der Waals surface area (Å²) in [4.78, 5) is 26.2. The average molecular weight is 322 g/mol. The first-order valence-electron chi connectivity index (χ1n) is 8.86. The third-order valence-corrected chi connectivity index (χ3v) is 5.67. The highest BCUT2D eigenvalue weighted by atomic mass is 16.6. The van der Waals surface area contributed by atoms with Crippen LogP contribution >= 0.6 is 0 Å². The molecule has 1 saturated carbocycles. The largest absolute Gasteiger partial charge is 0.463 e. The molecule has 2 rings (SSSR count). The molecule has 4 heteroatoms. The van der Waals surface area contributed by atoms with Crippen molar-refractivity contribution in [2.75, 3.05) is 0 Å². The molecule has 4 atom stereocenters. The Morgan fingerprint density at radius 2 is 1.26 bits per heavy atom. The summed E-state index contributed by atoms with van der Waals surface area (Å²) in [5, 5.41) is 0. The predicted molar refractivity (Wildman–Crippen MR) is 88.6 cm³/mol. The summed E-state index contributed by atoms with van der Waals surface area (Å²) in [6.45, 7) is 11.4. The maximum atomic E-state index is 13.1. The van der Waals surface area contributed by atoms with E-state index in [0.717, 1.165) is 6.42 Å². The van der Waals surface area contributed by atoms with Crippen LogP contribution in [0.4, 0.5) is 0 Å². The standard InChI is InChI=1S/C19H30O4/c1-7-18(16(20)22-12(3)4)14-9-10-15(11-14)19(18,8-2)17(21)23-13(5)6/h9-10,12-15H,7-8,11H2,1-6H3/t14-,15-,18?,19?/m1/s1. The molecule has 0 aromatic carbocycles. The molecule has 4 nitrogen and oxygen atoms in total. The fourth-order valence-corrected chi connectivity index (χ4v) is 4.84. The maximum absolute atomic E-state index is 13.1. The van der Waals surface area contributed by atoms with Crippen molar-refractivity contribution >= 4 is 11.9 Å². The Balaban J connectivity index is 2.54. The molecule has 0 aliphatic heterocycles. The lowest BCUT2D eigenvalue weighted by molar-refractivity contribution is -0.189. The van der Waals surface area contributed by atoms with Gasteiger partial charge in [0, 0.05) is 0 Å². The van der Waals surface area contributed by atoms with Gasteiger partial charge in [-0.25, -0.2) is 0 Å². The van der Waals surface area contributed by atoms with Crippen LogP contribution in [0.5, 0.6) is 0 Å². The lowest BCUT2D eigenvalue weighted by Gasteiger charge is -2.47. The minimum atomic E-state index is -0.808. The molecule has 0 radical (unpaired) electrons. The summed E-state index contributed by atoms with van der Waals surface area (Å²) < 4.78 is 11.2. The second kappa shape index (κ2) is 6.29. The topological polar surface area (TPSA) is 52.6 Å². The van der Waals surface area contributed by atoms with Gasteiger partial charge in [0.25, 0.3) is 0 Å². The molecule has 0 saturated heterocycles. The Kier molecular flexibility index (Phi) is 4.93. The Morgan fingerprint density at radius 3 is 1.52 bits per heavy atom. The van der Waals surface area contributed by atoms with Gasteiger partial charge in [0.15, 0.2) is 0 Å². The van der Waals surface area contributed by atoms with E-state index in [1.165, 1.54) is 0 Å². The first kappa shape index (κ1) is 18.0. The van der Waals surface area contributed by atoms with E-state index in [0.29, 0.717) is 12.8 Å². The molecule has 0 aromatic rings. The molecule has 2 bridgehead atoms. The van der Waals surface area contributed by atoms with E-state index in [1.54, 1.807) is 0 Å². The highest BCUT2D eigenvalue weighted by molar-refractivity contribution is 5.91. The summed E-state index contributed by atoms with van der Waals surface area (Å²) in [7, 11) is 0. The van der Waals surface area contributed by atoms with E-state index in [-0.39, 0.29) is 36.0 Å². The van der Waals surface area contributed by atoms with Crippen LogP contribution in [0.2, 0.25) is 0 Å². The number of esters is 2. The van der Waals surface area contributed by atoms with E-state index in [9.17, 15) is 9.59 Å². The van der Waals surface area contributed by atoms with E-state index in [2.05, 4.69) is 12.2 Å². The van der Waals surface area contributed by atoms with Gasteiger partial charge in [-0.05, 0) is 58.8 Å². The van der Waals surface area contributed by atoms with Gasteiger partial charge in [0.05, 0.1) is 23.0 Å². The number of carbonyl (C=O) groups is 2. The molecular formula is C19H30O4. The monoisotopic (exact) mass is 322 g/mol. The second-order valence-electron chi connectivity index (χ2n) is 7.39. The predicted octanol–water partition coefficient (Wildman–Crippen LogP) is 3.89. The first-order chi connectivity index (χ1) is 10.8. The number of hydrogen-bond donors (Lipinski definition) is 0. The quantitative estimate of drug-likeness (QED) is 0.550. The summed E-state index contributed by atoms with van der Waals surface area (Å²) in [6.07, 6.45) is 5.84. The number of carbonyl (C=O) groups excluding carboxylic acids is 2. The average Bonchev–Trinajstić information content (AvgIpc) is 3.03. The molecule has 2 aliphatic rings. The molecule has 0 aromatic heterocycles. The van der Waals surface area contributed by atoms with Crippen molar-refractivity contribution in [3.05, 3.63) is 12.2 Å². The van der Waals surface area contributed by atoms with Crippen molar-refractivity contribution < 1.29 is 19.1 Å². The SMILES string of the molecule is CCC1(C(=O)OC(C)C)[C@@H]2C=C[C@H](C2)C1(CC)C(=O)OC(C)C. The van der Waals surface area contributed by atoms with Crippen LogP contribution in [0.1, 0.15) is 60.8 Å². The van der Waals surface area contributed by atoms with E-state index in [4.69, 9.17) is 9.47 Å². The van der Waals surface area contributed by atoms with Gasteiger partial charge >= 0.3 is 11.9 Å². The van der Waals surface area contributed by atoms with Crippen molar-refractivity contribution in [1.82, 2.24) is 0 Å². The fraction of sp³-hybridized carbons (Fsp3) is 0.789. The van der Waals surface area contributed by atoms with Crippen LogP contribution in [-0.4, -0.2) is 24.1 Å². The molecule has 1 fully saturated rings. The lowest BCUT2D eigenvalue weighted by Crippen LogP contribution is -2.56. The van der Waals surface area contributed by atoms with Gasteiger partial charge in [0.2, 0.25) is 0 Å². The second-order valence-corrected chi connectivity index (χ2v) is 7.39. The Morgan fingerprint density at radius 1 is 0.913 bits per heavy atom. The number of hydrogen-bond acceptors (Lipinski definition) is 4. The van der Waals surface area contributed by atoms with Crippen molar-refractivity contribution in [1.29, 1.82) is 0 Å². The zero-order valence-corrected chi connectivity index (χ0v) is 15.2. The molecule has 0 N–H and O–H groups in total. The first-order valence-corrected chi connectivity index (χ1v) is 8.86. The third-order valence-electron chi connectivity index (χ3n) is 5.67. The molecule has 23 heavy (non-hydrogen) atoms. The van der Waals surface area contributed by atoms with Crippen LogP contribution in [-0.2, 0) is 19.1 Å². The molecule has 0 spiro atoms. The Labute approximate surface area is 139 Å². The van der Waals surface area contributed by atoms with Crippen LogP contribution in [0, 0.1) is 22.7 Å². The van der Waals surface area contributed by atoms with Gasteiger partial charge in [-0.3, -0.25) is 9.59 Å². The number of rotatable bonds is 6. The van der Waals surface area contributed by atoms with Crippen molar-refractivity contribution in [3.63, 3.8) is 0 Å². The number of allylic oxidation sites excluding steroid dienone is 2. The van der Waals surface area contributed by atoms with Crippen molar-refractivity contribution in [2.45, 2.75) is 73.0 Å². The van der Waals surface area contributed by atoms with Gasteiger partial charge in [-0.2, -0.15) is 0 Å². The molecular weight excluding hydrogens is 292 g/mol. The van der Waals surface area contributed by atoms with Gasteiger partial charge in [0.1, 0.15) is 0 Å². The van der Waals surface area contributed by atoms with E-state index in [1.807, 2.05) is 41.5 Å². The molecule has 2 unspecified atom stereocenters. The number of ether oxygens (including phenoxy) is 2. The zero-order valence-electron chi connectivity index (χ0n) is 15.2. The summed E-state index contributed by atoms with van der Waals surface area (Å²) in [5.41, 5.74) is -1.62.